The van der Waals surface area contributed by atoms with Crippen molar-refractivity contribution in [3.63, 3.8) is 0 Å². The van der Waals surface area contributed by atoms with E-state index in [0.29, 0.717) is 25.7 Å². The molecule has 0 spiro atoms. The van der Waals surface area contributed by atoms with Crippen LogP contribution in [0.1, 0.15) is 51.4 Å². The van der Waals surface area contributed by atoms with Crippen molar-refractivity contribution < 1.29 is 57.0 Å². The predicted octanol–water partition coefficient (Wildman–Crippen LogP) is 2.95. The second kappa shape index (κ2) is 37.5. The third kappa shape index (κ3) is 35.8. The average Bonchev–Trinajstić information content (AvgIpc) is 3.32. The molecule has 1 heterocycles. The van der Waals surface area contributed by atoms with Gasteiger partial charge in [-0.05, 0) is 47.8 Å². The topological polar surface area (TPSA) is 474 Å². The molecule has 1 rings (SSSR count). The lowest BCUT2D eigenvalue weighted by Crippen LogP contribution is -2.46. The van der Waals surface area contributed by atoms with Crippen LogP contribution in [0.3, 0.4) is 0 Å². The van der Waals surface area contributed by atoms with Crippen LogP contribution in [0, 0.1) is 0 Å². The Morgan fingerprint density at radius 3 is 0.736 bits per heavy atom. The third-order valence-corrected chi connectivity index (χ3v) is 17.7. The summed E-state index contributed by atoms with van der Waals surface area (Å²) in [5.41, 5.74) is 33.8. The number of hydrogen-bond acceptors (Lipinski definition) is 16. The van der Waals surface area contributed by atoms with E-state index in [9.17, 15) is 57.0 Å². The summed E-state index contributed by atoms with van der Waals surface area (Å²) in [6, 6.07) is 0. The van der Waals surface area contributed by atoms with Crippen LogP contribution in [0.4, 0.5) is 0 Å². The van der Waals surface area contributed by atoms with Gasteiger partial charge in [0.2, 0.25) is 53.1 Å². The van der Waals surface area contributed by atoms with E-state index in [-0.39, 0.29) is 130 Å². The van der Waals surface area contributed by atoms with Gasteiger partial charge >= 0.3 is 0 Å². The maximum atomic E-state index is 13.7. The quantitative estimate of drug-likeness (QED) is 0.0147. The molecule has 72 heavy (non-hydrogen) atoms. The SMILES string of the molecule is [N-]=[N+]=NCCCNC(=O)CCP(=O)(O)CN1CCN(CP(=O)(O)CCC(=O)NCCCN=[N+]=[N-])CCN(CP(=O)(O)CCC(=O)NCCCN=[N+]=[N-])CCN(CP(=O)(O)CCC(=O)NCCCN=[N+]=[N-])CC1. The number of nitrogens with zero attached hydrogens (tertiary/aromatic N) is 16. The molecule has 4 amide bonds. The average molecular weight is 1100 g/mol. The number of nitrogens with one attached hydrogen (secondary N) is 4. The van der Waals surface area contributed by atoms with Gasteiger partial charge in [0.25, 0.3) is 0 Å². The first-order valence-electron chi connectivity index (χ1n) is 23.4. The molecule has 0 saturated carbocycles. The second-order valence-corrected chi connectivity index (χ2v) is 26.6. The molecule has 0 aliphatic carbocycles. The van der Waals surface area contributed by atoms with E-state index in [0.717, 1.165) is 0 Å². The van der Waals surface area contributed by atoms with E-state index in [1.807, 2.05) is 0 Å². The van der Waals surface area contributed by atoms with Crippen molar-refractivity contribution >= 4 is 53.1 Å². The third-order valence-electron chi connectivity index (χ3n) is 10.6. The van der Waals surface area contributed by atoms with Crippen LogP contribution in [0.2, 0.25) is 0 Å². The van der Waals surface area contributed by atoms with Crippen molar-refractivity contribution in [2.24, 2.45) is 20.5 Å². The van der Waals surface area contributed by atoms with Gasteiger partial charge in [0.15, 0.2) is 0 Å². The lowest BCUT2D eigenvalue weighted by molar-refractivity contribution is -0.121. The summed E-state index contributed by atoms with van der Waals surface area (Å²) in [5.74, 6) is -2.01. The Bertz CT molecular complexity index is 1800. The minimum absolute atomic E-state index is 0.00274. The van der Waals surface area contributed by atoms with Crippen molar-refractivity contribution in [2.75, 3.05) is 155 Å². The van der Waals surface area contributed by atoms with Crippen LogP contribution >= 0.6 is 29.5 Å². The standard InChI is InChI=1S/C36H72N20O12P4/c37-49-45-13-1-9-41-33(57)5-25-69(61,62)29-53-17-19-54(30-70(63,64)26-6-34(58)42-10-2-14-46-50-38)21-23-56(32-72(67,68)28-8-36(60)44-12-4-16-48-52-40)24-22-55(20-18-53)31-71(65,66)27-7-35(59)43-11-3-15-47-51-39/h1-32H2,(H,41,57)(H,42,58)(H,43,59)(H,44,60)(H,61,62)(H,63,64)(H,65,66)(H,67,68). The highest BCUT2D eigenvalue weighted by Crippen LogP contribution is 2.45. The normalized spacial score (nSPS) is 17.6. The minimum Gasteiger partial charge on any atom is -0.356 e. The zero-order valence-corrected chi connectivity index (χ0v) is 44.2. The largest absolute Gasteiger partial charge is 0.356 e. The van der Waals surface area contributed by atoms with E-state index in [1.165, 1.54) is 0 Å². The highest BCUT2D eigenvalue weighted by atomic mass is 31.2. The highest BCUT2D eigenvalue weighted by molar-refractivity contribution is 7.58. The zero-order chi connectivity index (χ0) is 53.7. The predicted molar refractivity (Wildman–Crippen MR) is 270 cm³/mol. The summed E-state index contributed by atoms with van der Waals surface area (Å²) < 4.78 is 54.7. The Morgan fingerprint density at radius 1 is 0.389 bits per heavy atom. The van der Waals surface area contributed by atoms with Crippen molar-refractivity contribution in [3.05, 3.63) is 41.8 Å². The van der Waals surface area contributed by atoms with Crippen LogP contribution in [0.15, 0.2) is 20.5 Å². The van der Waals surface area contributed by atoms with Crippen molar-refractivity contribution in [2.45, 2.75) is 51.4 Å². The molecular formula is C36H72N20O12P4. The van der Waals surface area contributed by atoms with E-state index in [2.05, 4.69) is 61.4 Å². The molecule has 0 bridgehead atoms. The van der Waals surface area contributed by atoms with Crippen molar-refractivity contribution in [3.8, 4) is 0 Å². The van der Waals surface area contributed by atoms with Gasteiger partial charge in [0.05, 0.1) is 25.1 Å². The molecule has 0 radical (unpaired) electrons. The molecule has 0 aromatic heterocycles. The van der Waals surface area contributed by atoms with Crippen LogP contribution in [0.5, 0.6) is 0 Å². The van der Waals surface area contributed by atoms with Gasteiger partial charge in [-0.2, -0.15) is 0 Å². The Morgan fingerprint density at radius 2 is 0.569 bits per heavy atom. The molecule has 408 valence electrons. The fourth-order valence-corrected chi connectivity index (χ4v) is 13.2. The number of hydrogen-bond donors (Lipinski definition) is 8. The van der Waals surface area contributed by atoms with Crippen LogP contribution in [-0.2, 0) is 37.4 Å². The van der Waals surface area contributed by atoms with Gasteiger partial charge in [-0.15, -0.1) is 0 Å². The summed E-state index contributed by atoms with van der Waals surface area (Å²) in [7, 11) is -16.4. The first kappa shape index (κ1) is 65.7. The van der Waals surface area contributed by atoms with E-state index < -0.39 is 103 Å². The molecule has 4 unspecified atom stereocenters. The van der Waals surface area contributed by atoms with E-state index in [4.69, 9.17) is 22.1 Å². The highest BCUT2D eigenvalue weighted by Gasteiger charge is 2.31. The lowest BCUT2D eigenvalue weighted by atomic mass is 10.4. The first-order valence-corrected chi connectivity index (χ1v) is 31.5. The summed E-state index contributed by atoms with van der Waals surface area (Å²) in [4.78, 5) is 112. The number of carbonyl (C=O) groups excluding carboxylic acids is 4. The van der Waals surface area contributed by atoms with E-state index >= 15 is 0 Å². The second-order valence-electron chi connectivity index (χ2n) is 16.9. The van der Waals surface area contributed by atoms with Gasteiger partial charge in [-0.3, -0.25) is 57.0 Å². The summed E-state index contributed by atoms with van der Waals surface area (Å²) in [6.07, 6.45) is -3.19. The summed E-state index contributed by atoms with van der Waals surface area (Å²) in [6.45, 7) is 1.31. The number of amides is 4. The van der Waals surface area contributed by atoms with Crippen LogP contribution in [-0.4, -0.2) is 217 Å². The number of azide groups is 4. The Hall–Kier alpha value is -4.28. The maximum Gasteiger partial charge on any atom is 0.220 e. The Labute approximate surface area is 418 Å². The van der Waals surface area contributed by atoms with Crippen LogP contribution in [0.25, 0.3) is 41.8 Å². The molecule has 4 atom stereocenters. The molecule has 36 heteroatoms. The zero-order valence-electron chi connectivity index (χ0n) is 40.6. The number of rotatable bonds is 36. The first-order chi connectivity index (χ1) is 34.1. The van der Waals surface area contributed by atoms with E-state index in [1.54, 1.807) is 19.6 Å². The Kier molecular flexibility index (Phi) is 34.2. The smallest absolute Gasteiger partial charge is 0.220 e. The van der Waals surface area contributed by atoms with Crippen molar-refractivity contribution in [1.82, 2.24) is 40.9 Å². The maximum absolute atomic E-state index is 13.7. The molecule has 1 aliphatic heterocycles. The lowest BCUT2D eigenvalue weighted by Gasteiger charge is -2.36. The Balaban J connectivity index is 3.44. The van der Waals surface area contributed by atoms with Crippen molar-refractivity contribution in [1.29, 1.82) is 0 Å². The van der Waals surface area contributed by atoms with Gasteiger partial charge < -0.3 is 40.8 Å². The fraction of sp³-hybridized carbons (Fsp3) is 0.889. The molecule has 32 nitrogen and oxygen atoms in total. The molecule has 0 aromatic carbocycles. The molecule has 1 fully saturated rings. The molecule has 0 aromatic rings. The number of carbonyl (C=O) groups is 4. The fourth-order valence-electron chi connectivity index (χ4n) is 6.82. The molecular weight excluding hydrogens is 1030 g/mol. The van der Waals surface area contributed by atoms with Gasteiger partial charge in [0.1, 0.15) is 0 Å². The molecule has 1 aliphatic rings. The monoisotopic (exact) mass is 1100 g/mol. The van der Waals surface area contributed by atoms with Gasteiger partial charge in [-0.1, -0.05) is 20.5 Å². The minimum atomic E-state index is -4.09. The van der Waals surface area contributed by atoms with Gasteiger partial charge in [0, 0.05) is 175 Å². The molecule has 8 N–H and O–H groups in total. The summed E-state index contributed by atoms with van der Waals surface area (Å²) >= 11 is 0. The van der Waals surface area contributed by atoms with Crippen LogP contribution < -0.4 is 21.3 Å². The molecule has 1 saturated heterocycles. The summed E-state index contributed by atoms with van der Waals surface area (Å²) in [5, 5.41) is 24.0. The van der Waals surface area contributed by atoms with Gasteiger partial charge in [-0.25, -0.2) is 0 Å².